The van der Waals surface area contributed by atoms with Gasteiger partial charge in [-0.25, -0.2) is 5.01 Å². The Labute approximate surface area is 154 Å². The first-order chi connectivity index (χ1) is 11.6. The van der Waals surface area contributed by atoms with E-state index >= 15 is 0 Å². The highest BCUT2D eigenvalue weighted by Gasteiger charge is 2.27. The molecule has 0 saturated carbocycles. The maximum Gasteiger partial charge on any atom is 0.257 e. The van der Waals surface area contributed by atoms with Gasteiger partial charge < -0.3 is 10.1 Å². The standard InChI is InChI=1S/C16H13N3O2S3/c20-14-10-24-16(23)19(14)18-15(22)17-11-6-8-13(9-7-11)21-12-4-2-1-3-5-12/h1-9H,10H2,(H2,17,18,22). The third-order valence-corrected chi connectivity index (χ3v) is 4.61. The zero-order chi connectivity index (χ0) is 16.9. The zero-order valence-corrected chi connectivity index (χ0v) is 14.8. The number of thioether (sulfide) groups is 1. The number of nitrogens with one attached hydrogen (secondary N) is 2. The van der Waals surface area contributed by atoms with Crippen molar-refractivity contribution in [1.29, 1.82) is 0 Å². The fraction of sp³-hybridized carbons (Fsp3) is 0.0625. The van der Waals surface area contributed by atoms with Gasteiger partial charge in [0.2, 0.25) is 0 Å². The molecule has 0 aromatic heterocycles. The van der Waals surface area contributed by atoms with Gasteiger partial charge in [0.25, 0.3) is 5.91 Å². The van der Waals surface area contributed by atoms with Crippen LogP contribution in [0.25, 0.3) is 0 Å². The highest BCUT2D eigenvalue weighted by Crippen LogP contribution is 2.22. The highest BCUT2D eigenvalue weighted by molar-refractivity contribution is 8.23. The smallest absolute Gasteiger partial charge is 0.257 e. The minimum absolute atomic E-state index is 0.110. The van der Waals surface area contributed by atoms with Crippen molar-refractivity contribution in [2.75, 3.05) is 11.1 Å². The minimum atomic E-state index is -0.110. The molecule has 0 radical (unpaired) electrons. The van der Waals surface area contributed by atoms with Gasteiger partial charge in [-0.15, -0.1) is 0 Å². The highest BCUT2D eigenvalue weighted by atomic mass is 32.2. The maximum absolute atomic E-state index is 11.6. The number of hydrogen-bond acceptors (Lipinski definition) is 5. The van der Waals surface area contributed by atoms with Crippen LogP contribution in [0.5, 0.6) is 11.5 Å². The van der Waals surface area contributed by atoms with Gasteiger partial charge in [-0.3, -0.25) is 10.2 Å². The second-order valence-electron chi connectivity index (χ2n) is 4.79. The van der Waals surface area contributed by atoms with E-state index in [9.17, 15) is 4.79 Å². The summed E-state index contributed by atoms with van der Waals surface area (Å²) in [6, 6.07) is 16.9. The molecule has 0 aliphatic carbocycles. The topological polar surface area (TPSA) is 53.6 Å². The van der Waals surface area contributed by atoms with E-state index in [4.69, 9.17) is 29.2 Å². The van der Waals surface area contributed by atoms with E-state index < -0.39 is 0 Å². The van der Waals surface area contributed by atoms with Crippen LogP contribution in [-0.2, 0) is 4.79 Å². The van der Waals surface area contributed by atoms with Gasteiger partial charge in [-0.1, -0.05) is 42.2 Å². The molecule has 24 heavy (non-hydrogen) atoms. The number of rotatable bonds is 4. The maximum atomic E-state index is 11.6. The fourth-order valence-electron chi connectivity index (χ4n) is 1.95. The number of anilines is 1. The lowest BCUT2D eigenvalue weighted by molar-refractivity contribution is -0.125. The van der Waals surface area contributed by atoms with E-state index in [0.717, 1.165) is 17.2 Å². The van der Waals surface area contributed by atoms with Gasteiger partial charge in [0.15, 0.2) is 9.43 Å². The fourth-order valence-corrected chi connectivity index (χ4v) is 3.14. The van der Waals surface area contributed by atoms with E-state index in [0.29, 0.717) is 15.2 Å². The van der Waals surface area contributed by atoms with E-state index in [-0.39, 0.29) is 5.91 Å². The van der Waals surface area contributed by atoms with Crippen molar-refractivity contribution < 1.29 is 9.53 Å². The van der Waals surface area contributed by atoms with Crippen LogP contribution in [0.3, 0.4) is 0 Å². The molecule has 2 aromatic carbocycles. The molecular formula is C16H13N3O2S3. The molecule has 5 nitrogen and oxygen atoms in total. The number of para-hydroxylation sites is 1. The average Bonchev–Trinajstić information content (AvgIpc) is 2.89. The molecule has 3 rings (SSSR count). The third-order valence-electron chi connectivity index (χ3n) is 3.06. The Kier molecular flexibility index (Phi) is 5.29. The van der Waals surface area contributed by atoms with Crippen LogP contribution in [-0.4, -0.2) is 26.1 Å². The van der Waals surface area contributed by atoms with E-state index in [1.807, 2.05) is 54.6 Å². The Balaban J connectivity index is 1.57. The second-order valence-corrected chi connectivity index (χ2v) is 6.81. The predicted molar refractivity (Wildman–Crippen MR) is 104 cm³/mol. The molecule has 1 fully saturated rings. The Morgan fingerprint density at radius 1 is 1.08 bits per heavy atom. The Morgan fingerprint density at radius 3 is 2.38 bits per heavy atom. The van der Waals surface area contributed by atoms with Crippen molar-refractivity contribution in [1.82, 2.24) is 10.4 Å². The molecule has 1 saturated heterocycles. The minimum Gasteiger partial charge on any atom is -0.457 e. The molecular weight excluding hydrogens is 362 g/mol. The summed E-state index contributed by atoms with van der Waals surface area (Å²) in [7, 11) is 0. The second kappa shape index (κ2) is 7.61. The number of carbonyl (C=O) groups excluding carboxylic acids is 1. The number of hydrazine groups is 1. The number of benzene rings is 2. The lowest BCUT2D eigenvalue weighted by atomic mass is 10.3. The summed E-state index contributed by atoms with van der Waals surface area (Å²) in [5.74, 6) is 1.72. The van der Waals surface area contributed by atoms with Crippen molar-refractivity contribution in [3.8, 4) is 11.5 Å². The van der Waals surface area contributed by atoms with Crippen LogP contribution in [0, 0.1) is 0 Å². The van der Waals surface area contributed by atoms with Crippen molar-refractivity contribution in [2.24, 2.45) is 0 Å². The van der Waals surface area contributed by atoms with Crippen LogP contribution in [0.1, 0.15) is 0 Å². The number of amides is 1. The predicted octanol–water partition coefficient (Wildman–Crippen LogP) is 3.54. The van der Waals surface area contributed by atoms with Crippen molar-refractivity contribution >= 4 is 57.2 Å². The summed E-state index contributed by atoms with van der Waals surface area (Å²) in [6.45, 7) is 0. The Bertz CT molecular complexity index is 750. The summed E-state index contributed by atoms with van der Waals surface area (Å²) in [4.78, 5) is 11.6. The number of ether oxygens (including phenoxy) is 1. The van der Waals surface area contributed by atoms with Crippen molar-refractivity contribution in [3.63, 3.8) is 0 Å². The van der Waals surface area contributed by atoms with E-state index in [1.165, 1.54) is 16.8 Å². The van der Waals surface area contributed by atoms with Crippen LogP contribution in [0.15, 0.2) is 54.6 Å². The SMILES string of the molecule is O=C1CSC(=S)N1NC(=S)Nc1ccc(Oc2ccccc2)cc1. The first-order valence-corrected chi connectivity index (χ1v) is 8.82. The number of nitrogens with zero attached hydrogens (tertiary/aromatic N) is 1. The first kappa shape index (κ1) is 16.7. The molecule has 1 aliphatic rings. The van der Waals surface area contributed by atoms with Crippen LogP contribution >= 0.6 is 36.2 Å². The molecule has 122 valence electrons. The molecule has 2 N–H and O–H groups in total. The average molecular weight is 376 g/mol. The molecule has 0 unspecified atom stereocenters. The molecule has 0 bridgehead atoms. The van der Waals surface area contributed by atoms with Gasteiger partial charge in [-0.05, 0) is 48.6 Å². The van der Waals surface area contributed by atoms with Crippen LogP contribution in [0.2, 0.25) is 0 Å². The summed E-state index contributed by atoms with van der Waals surface area (Å²) in [5, 5.41) is 4.58. The molecule has 0 atom stereocenters. The third kappa shape index (κ3) is 4.22. The van der Waals surface area contributed by atoms with Gasteiger partial charge in [-0.2, -0.15) is 0 Å². The summed E-state index contributed by atoms with van der Waals surface area (Å²) < 4.78 is 6.19. The summed E-state index contributed by atoms with van der Waals surface area (Å²) >= 11 is 11.6. The van der Waals surface area contributed by atoms with Crippen LogP contribution in [0.4, 0.5) is 5.69 Å². The molecule has 8 heteroatoms. The molecule has 0 spiro atoms. The van der Waals surface area contributed by atoms with Gasteiger partial charge in [0, 0.05) is 5.69 Å². The van der Waals surface area contributed by atoms with Gasteiger partial charge in [0.1, 0.15) is 11.5 Å². The quantitative estimate of drug-likeness (QED) is 0.793. The summed E-state index contributed by atoms with van der Waals surface area (Å²) in [6.07, 6.45) is 0. The number of hydrogen-bond donors (Lipinski definition) is 2. The molecule has 1 heterocycles. The number of thiocarbonyl (C=S) groups is 2. The van der Waals surface area contributed by atoms with Crippen molar-refractivity contribution in [2.45, 2.75) is 0 Å². The normalized spacial score (nSPS) is 13.8. The lowest BCUT2D eigenvalue weighted by Gasteiger charge is -2.18. The zero-order valence-electron chi connectivity index (χ0n) is 12.4. The number of carbonyl (C=O) groups is 1. The van der Waals surface area contributed by atoms with Crippen molar-refractivity contribution in [3.05, 3.63) is 54.6 Å². The first-order valence-electron chi connectivity index (χ1n) is 7.02. The van der Waals surface area contributed by atoms with Crippen LogP contribution < -0.4 is 15.5 Å². The Morgan fingerprint density at radius 2 is 1.75 bits per heavy atom. The monoisotopic (exact) mass is 375 g/mol. The molecule has 1 aliphatic heterocycles. The Hall–Kier alpha value is -2.16. The molecule has 2 aromatic rings. The van der Waals surface area contributed by atoms with E-state index in [2.05, 4.69) is 10.7 Å². The molecule has 1 amide bonds. The van der Waals surface area contributed by atoms with E-state index in [1.54, 1.807) is 0 Å². The van der Waals surface area contributed by atoms with Gasteiger partial charge in [0.05, 0.1) is 5.75 Å². The summed E-state index contributed by atoms with van der Waals surface area (Å²) in [5.41, 5.74) is 3.57. The largest absolute Gasteiger partial charge is 0.457 e. The lowest BCUT2D eigenvalue weighted by Crippen LogP contribution is -2.46. The van der Waals surface area contributed by atoms with Gasteiger partial charge >= 0.3 is 0 Å².